The molecule has 0 N–H and O–H groups in total. The molecule has 0 spiro atoms. The Balaban J connectivity index is 1.81. The van der Waals surface area contributed by atoms with Crippen LogP contribution < -0.4 is 0 Å². The summed E-state index contributed by atoms with van der Waals surface area (Å²) in [4.78, 5) is 2.39. The fourth-order valence-electron chi connectivity index (χ4n) is 4.42. The lowest BCUT2D eigenvalue weighted by Crippen LogP contribution is -2.27. The molecule has 2 heterocycles. The lowest BCUT2D eigenvalue weighted by atomic mass is 10.0. The molecule has 1 aromatic heterocycles. The molecule has 2 nitrogen and oxygen atoms in total. The summed E-state index contributed by atoms with van der Waals surface area (Å²) in [5.74, 6) is -0.205. The van der Waals surface area contributed by atoms with Crippen LogP contribution in [-0.2, 0) is 13.0 Å². The summed E-state index contributed by atoms with van der Waals surface area (Å²) in [6.07, 6.45) is 1.03. The van der Waals surface area contributed by atoms with Crippen LogP contribution in [0.5, 0.6) is 0 Å². The Morgan fingerprint density at radius 2 is 1.71 bits per heavy atom. The molecule has 1 aliphatic heterocycles. The maximum absolute atomic E-state index is 13.5. The van der Waals surface area contributed by atoms with Crippen LogP contribution in [0.1, 0.15) is 16.8 Å². The molecule has 0 amide bonds. The number of fused-ring (bicyclic) bond motifs is 3. The summed E-state index contributed by atoms with van der Waals surface area (Å²) in [7, 11) is 2.19. The van der Waals surface area contributed by atoms with E-state index in [1.807, 2.05) is 12.1 Å². The number of rotatable bonds is 2. The van der Waals surface area contributed by atoms with Gasteiger partial charge in [-0.3, -0.25) is 0 Å². The molecular formula is C25H23FN2. The van der Waals surface area contributed by atoms with E-state index in [1.54, 1.807) is 0 Å². The standard InChI is InChI=1S/C25H23FN2/c1-17-7-12-24-21(15-17)22-16-27(2)14-13-25(22)28(24)23-6-4-3-5-20(23)18-8-10-19(26)11-9-18/h3-12,15H,13-14,16H2,1-2H3. The topological polar surface area (TPSA) is 8.17 Å². The number of hydrogen-bond donors (Lipinski definition) is 0. The highest BCUT2D eigenvalue weighted by Gasteiger charge is 2.24. The van der Waals surface area contributed by atoms with Crippen molar-refractivity contribution in [3.05, 3.63) is 89.4 Å². The summed E-state index contributed by atoms with van der Waals surface area (Å²) in [5, 5.41) is 1.34. The fourth-order valence-corrected chi connectivity index (χ4v) is 4.42. The maximum Gasteiger partial charge on any atom is 0.123 e. The number of nitrogens with zero attached hydrogens (tertiary/aromatic N) is 2. The minimum Gasteiger partial charge on any atom is -0.313 e. The quantitative estimate of drug-likeness (QED) is 0.437. The summed E-state index contributed by atoms with van der Waals surface area (Å²) < 4.78 is 15.9. The number of aryl methyl sites for hydroxylation is 1. The van der Waals surface area contributed by atoms with Crippen LogP contribution in [0.4, 0.5) is 4.39 Å². The van der Waals surface area contributed by atoms with Crippen molar-refractivity contribution in [1.29, 1.82) is 0 Å². The Morgan fingerprint density at radius 3 is 2.54 bits per heavy atom. The van der Waals surface area contributed by atoms with Crippen LogP contribution in [0.15, 0.2) is 66.7 Å². The molecule has 5 rings (SSSR count). The van der Waals surface area contributed by atoms with E-state index < -0.39 is 0 Å². The Kier molecular flexibility index (Phi) is 4.06. The zero-order chi connectivity index (χ0) is 19.3. The number of benzene rings is 3. The van der Waals surface area contributed by atoms with Crippen molar-refractivity contribution in [2.24, 2.45) is 0 Å². The van der Waals surface area contributed by atoms with Crippen molar-refractivity contribution in [3.8, 4) is 16.8 Å². The predicted octanol–water partition coefficient (Wildman–Crippen LogP) is 5.73. The summed E-state index contributed by atoms with van der Waals surface area (Å²) in [6, 6.07) is 22.0. The molecule has 1 aliphatic rings. The first-order chi connectivity index (χ1) is 13.6. The van der Waals surface area contributed by atoms with Gasteiger partial charge in [-0.05, 0) is 55.4 Å². The third kappa shape index (κ3) is 2.74. The maximum atomic E-state index is 13.5. The number of aromatic nitrogens is 1. The second-order valence-electron chi connectivity index (χ2n) is 7.79. The average molecular weight is 370 g/mol. The first kappa shape index (κ1) is 17.2. The Labute approximate surface area is 164 Å². The number of hydrogen-bond acceptors (Lipinski definition) is 1. The highest BCUT2D eigenvalue weighted by atomic mass is 19.1. The molecule has 140 valence electrons. The van der Waals surface area contributed by atoms with E-state index in [0.717, 1.165) is 36.3 Å². The van der Waals surface area contributed by atoms with Gasteiger partial charge in [-0.15, -0.1) is 0 Å². The first-order valence-electron chi connectivity index (χ1n) is 9.78. The van der Waals surface area contributed by atoms with Crippen molar-refractivity contribution < 1.29 is 4.39 Å². The van der Waals surface area contributed by atoms with Crippen molar-refractivity contribution in [1.82, 2.24) is 9.47 Å². The fraction of sp³-hybridized carbons (Fsp3) is 0.200. The molecule has 28 heavy (non-hydrogen) atoms. The van der Waals surface area contributed by atoms with Gasteiger partial charge in [0.05, 0.1) is 11.2 Å². The molecule has 3 aromatic carbocycles. The second-order valence-corrected chi connectivity index (χ2v) is 7.79. The zero-order valence-electron chi connectivity index (χ0n) is 16.2. The van der Waals surface area contributed by atoms with E-state index in [0.29, 0.717) is 0 Å². The van der Waals surface area contributed by atoms with Crippen molar-refractivity contribution in [2.75, 3.05) is 13.6 Å². The van der Waals surface area contributed by atoms with Crippen LogP contribution in [0.3, 0.4) is 0 Å². The number of halogens is 1. The lowest BCUT2D eigenvalue weighted by molar-refractivity contribution is 0.311. The van der Waals surface area contributed by atoms with Gasteiger partial charge >= 0.3 is 0 Å². The number of para-hydroxylation sites is 1. The van der Waals surface area contributed by atoms with Gasteiger partial charge in [-0.25, -0.2) is 4.39 Å². The smallest absolute Gasteiger partial charge is 0.123 e. The van der Waals surface area contributed by atoms with E-state index in [9.17, 15) is 4.39 Å². The van der Waals surface area contributed by atoms with Crippen LogP contribution in [0.2, 0.25) is 0 Å². The van der Waals surface area contributed by atoms with Crippen LogP contribution >= 0.6 is 0 Å². The Hall–Kier alpha value is -2.91. The minimum atomic E-state index is -0.205. The third-order valence-electron chi connectivity index (χ3n) is 5.79. The van der Waals surface area contributed by atoms with Crippen LogP contribution in [0, 0.1) is 12.7 Å². The van der Waals surface area contributed by atoms with E-state index >= 15 is 0 Å². The minimum absolute atomic E-state index is 0.205. The van der Waals surface area contributed by atoms with Crippen LogP contribution in [-0.4, -0.2) is 23.1 Å². The van der Waals surface area contributed by atoms with E-state index in [2.05, 4.69) is 65.9 Å². The van der Waals surface area contributed by atoms with E-state index in [1.165, 1.54) is 39.9 Å². The average Bonchev–Trinajstić information content (AvgIpc) is 3.01. The second kappa shape index (κ2) is 6.61. The third-order valence-corrected chi connectivity index (χ3v) is 5.79. The molecule has 0 saturated carbocycles. The highest BCUT2D eigenvalue weighted by molar-refractivity contribution is 5.90. The molecular weight excluding hydrogens is 347 g/mol. The van der Waals surface area contributed by atoms with Gasteiger partial charge in [-0.2, -0.15) is 0 Å². The zero-order valence-corrected chi connectivity index (χ0v) is 16.2. The van der Waals surface area contributed by atoms with Gasteiger partial charge in [0, 0.05) is 36.2 Å². The molecule has 0 fully saturated rings. The van der Waals surface area contributed by atoms with E-state index in [4.69, 9.17) is 0 Å². The van der Waals surface area contributed by atoms with Crippen molar-refractivity contribution in [2.45, 2.75) is 19.9 Å². The van der Waals surface area contributed by atoms with Gasteiger partial charge < -0.3 is 9.47 Å². The first-order valence-corrected chi connectivity index (χ1v) is 9.78. The molecule has 3 heteroatoms. The van der Waals surface area contributed by atoms with Gasteiger partial charge in [-0.1, -0.05) is 42.0 Å². The SMILES string of the molecule is Cc1ccc2c(c1)c1c(n2-c2ccccc2-c2ccc(F)cc2)CCN(C)C1. The van der Waals surface area contributed by atoms with Crippen molar-refractivity contribution >= 4 is 10.9 Å². The molecule has 4 aromatic rings. The van der Waals surface area contributed by atoms with Gasteiger partial charge in [0.1, 0.15) is 5.82 Å². The van der Waals surface area contributed by atoms with Gasteiger partial charge in [0.2, 0.25) is 0 Å². The van der Waals surface area contributed by atoms with Crippen LogP contribution in [0.25, 0.3) is 27.7 Å². The normalized spacial score (nSPS) is 14.4. The Morgan fingerprint density at radius 1 is 0.929 bits per heavy atom. The molecule has 0 aliphatic carbocycles. The predicted molar refractivity (Wildman–Crippen MR) is 113 cm³/mol. The summed E-state index contributed by atoms with van der Waals surface area (Å²) in [5.41, 5.74) is 8.69. The van der Waals surface area contributed by atoms with E-state index in [-0.39, 0.29) is 5.82 Å². The largest absolute Gasteiger partial charge is 0.313 e. The van der Waals surface area contributed by atoms with Crippen molar-refractivity contribution in [3.63, 3.8) is 0 Å². The summed E-state index contributed by atoms with van der Waals surface area (Å²) >= 11 is 0. The molecule has 0 radical (unpaired) electrons. The highest BCUT2D eigenvalue weighted by Crippen LogP contribution is 2.37. The Bertz CT molecular complexity index is 1170. The lowest BCUT2D eigenvalue weighted by Gasteiger charge is -2.25. The molecule has 0 unspecified atom stereocenters. The van der Waals surface area contributed by atoms with Gasteiger partial charge in [0.25, 0.3) is 0 Å². The molecule has 0 atom stereocenters. The molecule has 0 bridgehead atoms. The van der Waals surface area contributed by atoms with Gasteiger partial charge in [0.15, 0.2) is 0 Å². The summed E-state index contributed by atoms with van der Waals surface area (Å²) in [6.45, 7) is 4.18. The monoisotopic (exact) mass is 370 g/mol. The molecule has 0 saturated heterocycles. The number of likely N-dealkylation sites (N-methyl/N-ethyl adjacent to an activating group) is 1.